The zero-order valence-corrected chi connectivity index (χ0v) is 11.1. The third kappa shape index (κ3) is 3.81. The van der Waals surface area contributed by atoms with Crippen molar-refractivity contribution in [2.45, 2.75) is 19.9 Å². The van der Waals surface area contributed by atoms with Crippen LogP contribution in [-0.2, 0) is 4.79 Å². The Morgan fingerprint density at radius 2 is 2.06 bits per heavy atom. The maximum Gasteiger partial charge on any atom is 0.326 e. The van der Waals surface area contributed by atoms with Crippen LogP contribution in [0, 0.1) is 5.92 Å². The summed E-state index contributed by atoms with van der Waals surface area (Å²) in [6, 6.07) is 3.97. The maximum absolute atomic E-state index is 11.8. The van der Waals surface area contributed by atoms with Crippen molar-refractivity contribution in [3.05, 3.63) is 28.5 Å². The van der Waals surface area contributed by atoms with E-state index in [2.05, 4.69) is 26.2 Å². The largest absolute Gasteiger partial charge is 0.480 e. The molecule has 0 aliphatic carbocycles. The number of aliphatic carboxylic acids is 1. The Morgan fingerprint density at radius 1 is 1.41 bits per heavy atom. The third-order valence-corrected chi connectivity index (χ3v) is 2.61. The number of amides is 1. The van der Waals surface area contributed by atoms with Gasteiger partial charge in [-0.3, -0.25) is 4.79 Å². The molecule has 2 N–H and O–H groups in total. The SMILES string of the molecule is CC(C)[C@@H](NC(=O)c1cccc(Br)n1)C(=O)O. The van der Waals surface area contributed by atoms with E-state index in [1.54, 1.807) is 26.0 Å². The molecule has 92 valence electrons. The van der Waals surface area contributed by atoms with Gasteiger partial charge in [0.2, 0.25) is 0 Å². The molecule has 17 heavy (non-hydrogen) atoms. The van der Waals surface area contributed by atoms with Gasteiger partial charge in [0.05, 0.1) is 0 Å². The first-order chi connectivity index (χ1) is 7.91. The van der Waals surface area contributed by atoms with Crippen LogP contribution in [0.25, 0.3) is 0 Å². The number of pyridine rings is 1. The van der Waals surface area contributed by atoms with Crippen LogP contribution >= 0.6 is 15.9 Å². The number of aromatic nitrogens is 1. The Kier molecular flexibility index (Phi) is 4.62. The molecule has 0 aliphatic rings. The van der Waals surface area contributed by atoms with Crippen LogP contribution in [0.2, 0.25) is 0 Å². The van der Waals surface area contributed by atoms with Gasteiger partial charge in [-0.2, -0.15) is 0 Å². The van der Waals surface area contributed by atoms with Crippen LogP contribution < -0.4 is 5.32 Å². The van der Waals surface area contributed by atoms with Gasteiger partial charge < -0.3 is 10.4 Å². The zero-order valence-electron chi connectivity index (χ0n) is 9.48. The molecule has 0 radical (unpaired) electrons. The number of carbonyl (C=O) groups is 2. The third-order valence-electron chi connectivity index (χ3n) is 2.17. The number of carbonyl (C=O) groups excluding carboxylic acids is 1. The second-order valence-electron chi connectivity index (χ2n) is 3.88. The number of carboxylic acids is 1. The molecule has 1 atom stereocenters. The highest BCUT2D eigenvalue weighted by Crippen LogP contribution is 2.08. The summed E-state index contributed by atoms with van der Waals surface area (Å²) in [5.41, 5.74) is 0.186. The molecule has 0 saturated carbocycles. The van der Waals surface area contributed by atoms with Gasteiger partial charge >= 0.3 is 5.97 Å². The summed E-state index contributed by atoms with van der Waals surface area (Å²) in [4.78, 5) is 26.6. The van der Waals surface area contributed by atoms with Crippen molar-refractivity contribution < 1.29 is 14.7 Å². The second kappa shape index (κ2) is 5.77. The smallest absolute Gasteiger partial charge is 0.326 e. The van der Waals surface area contributed by atoms with E-state index >= 15 is 0 Å². The Bertz CT molecular complexity index is 434. The van der Waals surface area contributed by atoms with Crippen LogP contribution in [0.4, 0.5) is 0 Å². The van der Waals surface area contributed by atoms with Gasteiger partial charge in [-0.1, -0.05) is 19.9 Å². The summed E-state index contributed by atoms with van der Waals surface area (Å²) < 4.78 is 0.529. The topological polar surface area (TPSA) is 79.3 Å². The molecule has 6 heteroatoms. The molecule has 0 aliphatic heterocycles. The lowest BCUT2D eigenvalue weighted by Crippen LogP contribution is -2.44. The number of hydrogen-bond acceptors (Lipinski definition) is 3. The van der Waals surface area contributed by atoms with Gasteiger partial charge in [-0.15, -0.1) is 0 Å². The minimum Gasteiger partial charge on any atom is -0.480 e. The van der Waals surface area contributed by atoms with Crippen molar-refractivity contribution in [1.29, 1.82) is 0 Å². The Labute approximate surface area is 107 Å². The van der Waals surface area contributed by atoms with Gasteiger partial charge in [0, 0.05) is 0 Å². The molecule has 1 aromatic heterocycles. The summed E-state index contributed by atoms with van der Waals surface area (Å²) in [6.07, 6.45) is 0. The van der Waals surface area contributed by atoms with E-state index in [9.17, 15) is 9.59 Å². The van der Waals surface area contributed by atoms with Gasteiger partial charge in [-0.25, -0.2) is 9.78 Å². The molecule has 1 rings (SSSR count). The number of nitrogens with one attached hydrogen (secondary N) is 1. The van der Waals surface area contributed by atoms with Gasteiger partial charge in [0.1, 0.15) is 16.3 Å². The quantitative estimate of drug-likeness (QED) is 0.829. The average Bonchev–Trinajstić information content (AvgIpc) is 2.24. The lowest BCUT2D eigenvalue weighted by molar-refractivity contribution is -0.140. The van der Waals surface area contributed by atoms with Gasteiger partial charge in [0.25, 0.3) is 5.91 Å². The summed E-state index contributed by atoms with van der Waals surface area (Å²) in [5, 5.41) is 11.4. The fourth-order valence-corrected chi connectivity index (χ4v) is 1.61. The molecule has 0 aromatic carbocycles. The minimum absolute atomic E-state index is 0.186. The number of hydrogen-bond donors (Lipinski definition) is 2. The van der Waals surface area contributed by atoms with Crippen LogP contribution in [0.3, 0.4) is 0 Å². The van der Waals surface area contributed by atoms with Crippen LogP contribution in [0.5, 0.6) is 0 Å². The van der Waals surface area contributed by atoms with Crippen LogP contribution in [-0.4, -0.2) is 28.0 Å². The average molecular weight is 301 g/mol. The van der Waals surface area contributed by atoms with Crippen molar-refractivity contribution in [2.24, 2.45) is 5.92 Å². The van der Waals surface area contributed by atoms with E-state index in [4.69, 9.17) is 5.11 Å². The van der Waals surface area contributed by atoms with Crippen molar-refractivity contribution in [3.63, 3.8) is 0 Å². The van der Waals surface area contributed by atoms with Crippen molar-refractivity contribution in [3.8, 4) is 0 Å². The fraction of sp³-hybridized carbons (Fsp3) is 0.364. The fourth-order valence-electron chi connectivity index (χ4n) is 1.26. The molecule has 0 bridgehead atoms. The normalized spacial score (nSPS) is 12.2. The molecular formula is C11H13BrN2O3. The standard InChI is InChI=1S/C11H13BrN2O3/c1-6(2)9(11(16)17)14-10(15)7-4-3-5-8(12)13-7/h3-6,9H,1-2H3,(H,14,15)(H,16,17)/t9-/m1/s1. The molecule has 1 aromatic rings. The molecule has 0 fully saturated rings. The van der Waals surface area contributed by atoms with E-state index in [1.165, 1.54) is 6.07 Å². The lowest BCUT2D eigenvalue weighted by atomic mass is 10.0. The van der Waals surface area contributed by atoms with E-state index in [0.29, 0.717) is 4.60 Å². The number of rotatable bonds is 4. The minimum atomic E-state index is -1.05. The predicted octanol–water partition coefficient (Wildman–Crippen LogP) is 1.68. The van der Waals surface area contributed by atoms with E-state index in [0.717, 1.165) is 0 Å². The molecule has 5 nitrogen and oxygen atoms in total. The first kappa shape index (κ1) is 13.6. The molecule has 1 heterocycles. The van der Waals surface area contributed by atoms with Gasteiger partial charge in [0.15, 0.2) is 0 Å². The van der Waals surface area contributed by atoms with Crippen molar-refractivity contribution in [1.82, 2.24) is 10.3 Å². The summed E-state index contributed by atoms with van der Waals surface area (Å²) in [7, 11) is 0. The Hall–Kier alpha value is -1.43. The van der Waals surface area contributed by atoms with Crippen molar-refractivity contribution >= 4 is 27.8 Å². The summed E-state index contributed by atoms with van der Waals surface area (Å²) in [6.45, 7) is 3.46. The van der Waals surface area contributed by atoms with E-state index in [-0.39, 0.29) is 11.6 Å². The molecular weight excluding hydrogens is 288 g/mol. The maximum atomic E-state index is 11.8. The highest BCUT2D eigenvalue weighted by atomic mass is 79.9. The number of carboxylic acid groups (broad SMARTS) is 1. The monoisotopic (exact) mass is 300 g/mol. The molecule has 1 amide bonds. The van der Waals surface area contributed by atoms with Crippen LogP contribution in [0.1, 0.15) is 24.3 Å². The number of halogens is 1. The predicted molar refractivity (Wildman–Crippen MR) is 65.7 cm³/mol. The number of nitrogens with zero attached hydrogens (tertiary/aromatic N) is 1. The molecule has 0 unspecified atom stereocenters. The van der Waals surface area contributed by atoms with Crippen LogP contribution in [0.15, 0.2) is 22.8 Å². The van der Waals surface area contributed by atoms with Gasteiger partial charge in [-0.05, 0) is 34.0 Å². The summed E-state index contributed by atoms with van der Waals surface area (Å²) >= 11 is 3.15. The first-order valence-corrected chi connectivity index (χ1v) is 5.87. The van der Waals surface area contributed by atoms with Crippen molar-refractivity contribution in [2.75, 3.05) is 0 Å². The Balaban J connectivity index is 2.81. The Morgan fingerprint density at radius 3 is 2.53 bits per heavy atom. The zero-order chi connectivity index (χ0) is 13.0. The first-order valence-electron chi connectivity index (χ1n) is 5.08. The molecule has 0 spiro atoms. The highest BCUT2D eigenvalue weighted by Gasteiger charge is 2.24. The summed E-state index contributed by atoms with van der Waals surface area (Å²) in [5.74, 6) is -1.74. The lowest BCUT2D eigenvalue weighted by Gasteiger charge is -2.17. The molecule has 0 saturated heterocycles. The highest BCUT2D eigenvalue weighted by molar-refractivity contribution is 9.10. The van der Waals surface area contributed by atoms with E-state index in [1.807, 2.05) is 0 Å². The second-order valence-corrected chi connectivity index (χ2v) is 4.69. The van der Waals surface area contributed by atoms with E-state index < -0.39 is 17.9 Å².